The molecule has 0 bridgehead atoms. The number of piperidine rings is 1. The van der Waals surface area contributed by atoms with E-state index in [9.17, 15) is 9.59 Å². The van der Waals surface area contributed by atoms with Crippen LogP contribution in [0.3, 0.4) is 0 Å². The van der Waals surface area contributed by atoms with Gasteiger partial charge in [-0.3, -0.25) is 9.55 Å². The van der Waals surface area contributed by atoms with Crippen molar-refractivity contribution < 1.29 is 9.53 Å². The quantitative estimate of drug-likeness (QED) is 0.161. The number of hydrogen-bond donors (Lipinski definition) is 1. The molecule has 8 heteroatoms. The molecule has 0 atom stereocenters. The zero-order valence-corrected chi connectivity index (χ0v) is 26.4. The third kappa shape index (κ3) is 6.77. The SMILES string of the molecule is O=C(OCCCN(Cc1ccnc2ccccc12)c1ccccc1Cc1ccccc1)N1CCC(n2c(=O)[nH]c3ccccc32)CC1. The van der Waals surface area contributed by atoms with Gasteiger partial charge in [-0.2, -0.15) is 0 Å². The molecule has 0 spiro atoms. The molecule has 2 aromatic heterocycles. The van der Waals surface area contributed by atoms with Crippen molar-refractivity contribution in [3.05, 3.63) is 143 Å². The highest BCUT2D eigenvalue weighted by Crippen LogP contribution is 2.28. The summed E-state index contributed by atoms with van der Waals surface area (Å²) in [6.45, 7) is 2.88. The van der Waals surface area contributed by atoms with E-state index in [1.807, 2.05) is 53.2 Å². The van der Waals surface area contributed by atoms with Crippen LogP contribution in [0.2, 0.25) is 0 Å². The maximum atomic E-state index is 13.1. The van der Waals surface area contributed by atoms with E-state index in [0.29, 0.717) is 45.5 Å². The minimum absolute atomic E-state index is 0.0523. The summed E-state index contributed by atoms with van der Waals surface area (Å²) in [5, 5.41) is 1.14. The van der Waals surface area contributed by atoms with Crippen LogP contribution in [0.1, 0.15) is 42.0 Å². The van der Waals surface area contributed by atoms with E-state index >= 15 is 0 Å². The van der Waals surface area contributed by atoms with Crippen molar-refractivity contribution in [3.63, 3.8) is 0 Å². The lowest BCUT2D eigenvalue weighted by atomic mass is 10.0. The molecule has 1 N–H and O–H groups in total. The van der Waals surface area contributed by atoms with Gasteiger partial charge in [0.15, 0.2) is 0 Å². The van der Waals surface area contributed by atoms with Gasteiger partial charge in [0.1, 0.15) is 0 Å². The number of imidazole rings is 1. The van der Waals surface area contributed by atoms with E-state index in [2.05, 4.69) is 81.6 Å². The second kappa shape index (κ2) is 14.0. The maximum absolute atomic E-state index is 13.1. The summed E-state index contributed by atoms with van der Waals surface area (Å²) >= 11 is 0. The number of rotatable bonds is 10. The number of H-pyrrole nitrogens is 1. The molecule has 1 amide bonds. The first-order valence-corrected chi connectivity index (χ1v) is 16.4. The number of anilines is 1. The highest BCUT2D eigenvalue weighted by molar-refractivity contribution is 5.82. The van der Waals surface area contributed by atoms with E-state index < -0.39 is 0 Å². The monoisotopic (exact) mass is 625 g/mol. The van der Waals surface area contributed by atoms with Gasteiger partial charge in [0, 0.05) is 49.5 Å². The minimum atomic E-state index is -0.286. The fraction of sp³-hybridized carbons (Fsp3) is 0.256. The molecule has 47 heavy (non-hydrogen) atoms. The van der Waals surface area contributed by atoms with Crippen LogP contribution in [0.5, 0.6) is 0 Å². The number of para-hydroxylation sites is 4. The Bertz CT molecular complexity index is 2020. The van der Waals surface area contributed by atoms with Crippen LogP contribution in [-0.4, -0.2) is 51.8 Å². The Labute approximate surface area is 274 Å². The normalized spacial score (nSPS) is 13.7. The van der Waals surface area contributed by atoms with Gasteiger partial charge in [-0.05, 0) is 72.7 Å². The Morgan fingerprint density at radius 1 is 0.851 bits per heavy atom. The van der Waals surface area contributed by atoms with Gasteiger partial charge in [-0.1, -0.05) is 78.9 Å². The number of aromatic nitrogens is 3. The number of nitrogens with one attached hydrogen (secondary N) is 1. The molecular weight excluding hydrogens is 586 g/mol. The van der Waals surface area contributed by atoms with Crippen LogP contribution in [0.4, 0.5) is 10.5 Å². The summed E-state index contributed by atoms with van der Waals surface area (Å²) in [5.74, 6) is 0. The van der Waals surface area contributed by atoms with Crippen molar-refractivity contribution >= 4 is 33.7 Å². The van der Waals surface area contributed by atoms with Gasteiger partial charge in [0.2, 0.25) is 0 Å². The predicted molar refractivity (Wildman–Crippen MR) is 187 cm³/mol. The summed E-state index contributed by atoms with van der Waals surface area (Å²) in [4.78, 5) is 37.5. The van der Waals surface area contributed by atoms with Crippen molar-refractivity contribution in [1.29, 1.82) is 0 Å². The summed E-state index contributed by atoms with van der Waals surface area (Å²) in [6, 6.07) is 37.3. The van der Waals surface area contributed by atoms with E-state index in [1.54, 1.807) is 4.90 Å². The van der Waals surface area contributed by atoms with E-state index in [4.69, 9.17) is 4.74 Å². The highest BCUT2D eigenvalue weighted by atomic mass is 16.6. The molecule has 1 saturated heterocycles. The number of amides is 1. The van der Waals surface area contributed by atoms with Gasteiger partial charge < -0.3 is 19.5 Å². The molecule has 3 heterocycles. The average Bonchev–Trinajstić information content (AvgIpc) is 3.46. The number of benzene rings is 4. The van der Waals surface area contributed by atoms with Gasteiger partial charge in [0.05, 0.1) is 23.2 Å². The first kappa shape index (κ1) is 30.3. The fourth-order valence-electron chi connectivity index (χ4n) is 6.82. The maximum Gasteiger partial charge on any atom is 0.409 e. The van der Waals surface area contributed by atoms with Crippen LogP contribution in [0, 0.1) is 0 Å². The lowest BCUT2D eigenvalue weighted by Crippen LogP contribution is -2.41. The molecule has 1 fully saturated rings. The number of nitrogens with zero attached hydrogens (tertiary/aromatic N) is 4. The predicted octanol–water partition coefficient (Wildman–Crippen LogP) is 7.34. The molecule has 0 saturated carbocycles. The average molecular weight is 626 g/mol. The van der Waals surface area contributed by atoms with Crippen LogP contribution in [-0.2, 0) is 17.7 Å². The number of aromatic amines is 1. The molecule has 4 aromatic carbocycles. The van der Waals surface area contributed by atoms with E-state index in [-0.39, 0.29) is 17.8 Å². The van der Waals surface area contributed by atoms with Crippen LogP contribution in [0.25, 0.3) is 21.9 Å². The molecule has 238 valence electrons. The fourth-order valence-corrected chi connectivity index (χ4v) is 6.82. The van der Waals surface area contributed by atoms with Gasteiger partial charge in [-0.15, -0.1) is 0 Å². The van der Waals surface area contributed by atoms with Crippen molar-refractivity contribution in [3.8, 4) is 0 Å². The molecule has 6 aromatic rings. The standard InChI is InChI=1S/C39H39N5O3/c45-38-41-35-16-7-9-18-37(35)44(38)32-20-24-42(25-21-32)39(46)47-26-10-23-43(28-31-19-22-40-34-15-6-5-14-33(31)34)36-17-8-4-13-30(36)27-29-11-2-1-3-12-29/h1-9,11-19,22,32H,10,20-21,23-28H2,(H,41,45). The topological polar surface area (TPSA) is 83.5 Å². The zero-order chi connectivity index (χ0) is 32.0. The lowest BCUT2D eigenvalue weighted by Gasteiger charge is -2.32. The van der Waals surface area contributed by atoms with Crippen molar-refractivity contribution in [2.75, 3.05) is 31.1 Å². The third-order valence-corrected chi connectivity index (χ3v) is 9.18. The number of carbonyl (C=O) groups excluding carboxylic acids is 1. The number of hydrogen-bond acceptors (Lipinski definition) is 5. The van der Waals surface area contributed by atoms with Crippen molar-refractivity contribution in [1.82, 2.24) is 19.4 Å². The second-order valence-corrected chi connectivity index (χ2v) is 12.2. The minimum Gasteiger partial charge on any atom is -0.449 e. The Kier molecular flexibility index (Phi) is 8.99. The van der Waals surface area contributed by atoms with Gasteiger partial charge in [-0.25, -0.2) is 9.59 Å². The molecular formula is C39H39N5O3. The Balaban J connectivity index is 1.01. The molecule has 0 unspecified atom stereocenters. The van der Waals surface area contributed by atoms with E-state index in [1.165, 1.54) is 22.4 Å². The first-order chi connectivity index (χ1) is 23.1. The zero-order valence-electron chi connectivity index (χ0n) is 26.4. The molecule has 0 radical (unpaired) electrons. The van der Waals surface area contributed by atoms with Crippen LogP contribution < -0.4 is 10.6 Å². The Hall–Kier alpha value is -5.37. The summed E-state index contributed by atoms with van der Waals surface area (Å²) in [5.41, 5.74) is 7.54. The Morgan fingerprint density at radius 2 is 1.60 bits per heavy atom. The smallest absolute Gasteiger partial charge is 0.409 e. The highest BCUT2D eigenvalue weighted by Gasteiger charge is 2.27. The molecule has 8 nitrogen and oxygen atoms in total. The van der Waals surface area contributed by atoms with Crippen LogP contribution in [0.15, 0.2) is 120 Å². The largest absolute Gasteiger partial charge is 0.449 e. The number of pyridine rings is 1. The molecule has 7 rings (SSSR count). The number of carbonyl (C=O) groups is 1. The van der Waals surface area contributed by atoms with Crippen LogP contribution >= 0.6 is 0 Å². The van der Waals surface area contributed by atoms with Crippen molar-refractivity contribution in [2.45, 2.75) is 38.3 Å². The number of likely N-dealkylation sites (tertiary alicyclic amines) is 1. The molecule has 1 aliphatic heterocycles. The molecule has 1 aliphatic rings. The van der Waals surface area contributed by atoms with Gasteiger partial charge >= 0.3 is 11.8 Å². The Morgan fingerprint density at radius 3 is 2.47 bits per heavy atom. The first-order valence-electron chi connectivity index (χ1n) is 16.4. The summed E-state index contributed by atoms with van der Waals surface area (Å²) < 4.78 is 7.65. The summed E-state index contributed by atoms with van der Waals surface area (Å²) in [6.07, 6.45) is 4.54. The summed E-state index contributed by atoms with van der Waals surface area (Å²) in [7, 11) is 0. The number of fused-ring (bicyclic) bond motifs is 2. The number of ether oxygens (including phenoxy) is 1. The van der Waals surface area contributed by atoms with Crippen molar-refractivity contribution in [2.24, 2.45) is 0 Å². The van der Waals surface area contributed by atoms with E-state index in [0.717, 1.165) is 34.9 Å². The van der Waals surface area contributed by atoms with Gasteiger partial charge in [0.25, 0.3) is 0 Å². The third-order valence-electron chi connectivity index (χ3n) is 9.18. The lowest BCUT2D eigenvalue weighted by molar-refractivity contribution is 0.0880. The second-order valence-electron chi connectivity index (χ2n) is 12.2. The molecule has 0 aliphatic carbocycles.